The van der Waals surface area contributed by atoms with Crippen molar-refractivity contribution in [3.05, 3.63) is 18.0 Å². The zero-order valence-corrected chi connectivity index (χ0v) is 8.87. The van der Waals surface area contributed by atoms with Gasteiger partial charge in [0, 0.05) is 12.7 Å². The number of nitrogens with one attached hydrogen (secondary N) is 1. The third kappa shape index (κ3) is 1.98. The van der Waals surface area contributed by atoms with Gasteiger partial charge < -0.3 is 5.32 Å². The van der Waals surface area contributed by atoms with E-state index in [2.05, 4.69) is 21.2 Å². The lowest BCUT2D eigenvalue weighted by atomic mass is 9.95. The zero-order chi connectivity index (χ0) is 9.80. The van der Waals surface area contributed by atoms with Gasteiger partial charge in [-0.3, -0.25) is 4.68 Å². The predicted octanol–water partition coefficient (Wildman–Crippen LogP) is 2.11. The van der Waals surface area contributed by atoms with Gasteiger partial charge in [-0.05, 0) is 26.0 Å². The van der Waals surface area contributed by atoms with Crippen LogP contribution in [0, 0.1) is 0 Å². The number of hydrogen-bond acceptors (Lipinski definition) is 2. The molecule has 1 aliphatic carbocycles. The predicted molar refractivity (Wildman–Crippen MR) is 57.1 cm³/mol. The molecular formula is C11H19N3. The molecule has 0 unspecified atom stereocenters. The molecule has 3 heteroatoms. The van der Waals surface area contributed by atoms with Gasteiger partial charge in [0.15, 0.2) is 0 Å². The van der Waals surface area contributed by atoms with E-state index in [0.717, 1.165) is 6.54 Å². The van der Waals surface area contributed by atoms with Gasteiger partial charge >= 0.3 is 0 Å². The summed E-state index contributed by atoms with van der Waals surface area (Å²) >= 11 is 0. The van der Waals surface area contributed by atoms with Crippen molar-refractivity contribution in [3.8, 4) is 0 Å². The summed E-state index contributed by atoms with van der Waals surface area (Å²) in [5, 5.41) is 7.62. The van der Waals surface area contributed by atoms with Crippen LogP contribution in [0.15, 0.2) is 12.3 Å². The maximum atomic E-state index is 4.44. The highest BCUT2D eigenvalue weighted by Crippen LogP contribution is 2.28. The maximum Gasteiger partial charge on any atom is 0.0525 e. The summed E-state index contributed by atoms with van der Waals surface area (Å²) in [4.78, 5) is 0. The van der Waals surface area contributed by atoms with E-state index >= 15 is 0 Å². The molecule has 1 fully saturated rings. The van der Waals surface area contributed by atoms with Crippen molar-refractivity contribution in [3.63, 3.8) is 0 Å². The molecule has 0 amide bonds. The first-order chi connectivity index (χ1) is 6.92. The lowest BCUT2D eigenvalue weighted by Gasteiger charge is -2.23. The molecule has 1 aromatic rings. The van der Waals surface area contributed by atoms with Gasteiger partial charge in [-0.1, -0.05) is 19.3 Å². The molecule has 0 spiro atoms. The molecule has 1 aromatic heterocycles. The summed E-state index contributed by atoms with van der Waals surface area (Å²) in [6.45, 7) is 0.927. The van der Waals surface area contributed by atoms with Crippen LogP contribution in [0.5, 0.6) is 0 Å². The molecule has 1 saturated carbocycles. The highest BCUT2D eigenvalue weighted by atomic mass is 15.3. The van der Waals surface area contributed by atoms with Crippen LogP contribution in [0.25, 0.3) is 0 Å². The van der Waals surface area contributed by atoms with E-state index < -0.39 is 0 Å². The van der Waals surface area contributed by atoms with E-state index in [1.807, 2.05) is 13.2 Å². The van der Waals surface area contributed by atoms with Crippen LogP contribution in [0.3, 0.4) is 0 Å². The molecule has 2 rings (SSSR count). The SMILES string of the molecule is CNCc1ccnn1C1CCCCC1. The molecule has 1 aliphatic rings. The minimum Gasteiger partial charge on any atom is -0.314 e. The Morgan fingerprint density at radius 2 is 2.21 bits per heavy atom. The van der Waals surface area contributed by atoms with E-state index in [4.69, 9.17) is 0 Å². The summed E-state index contributed by atoms with van der Waals surface area (Å²) in [6.07, 6.45) is 8.66. The third-order valence-corrected chi connectivity index (χ3v) is 3.03. The first-order valence-corrected chi connectivity index (χ1v) is 5.59. The molecule has 0 aromatic carbocycles. The van der Waals surface area contributed by atoms with E-state index in [9.17, 15) is 0 Å². The average molecular weight is 193 g/mol. The fraction of sp³-hybridized carbons (Fsp3) is 0.727. The Bertz CT molecular complexity index is 274. The molecule has 1 N–H and O–H groups in total. The summed E-state index contributed by atoms with van der Waals surface area (Å²) in [5.41, 5.74) is 1.32. The smallest absolute Gasteiger partial charge is 0.0525 e. The topological polar surface area (TPSA) is 29.9 Å². The molecule has 78 valence electrons. The van der Waals surface area contributed by atoms with Crippen LogP contribution in [0.2, 0.25) is 0 Å². The number of nitrogens with zero attached hydrogens (tertiary/aromatic N) is 2. The summed E-state index contributed by atoms with van der Waals surface area (Å²) in [7, 11) is 1.98. The first kappa shape index (κ1) is 9.71. The second-order valence-electron chi connectivity index (χ2n) is 4.09. The number of aromatic nitrogens is 2. The Balaban J connectivity index is 2.09. The van der Waals surface area contributed by atoms with Crippen LogP contribution in [-0.2, 0) is 6.54 Å². The Kier molecular flexibility index (Phi) is 3.19. The Morgan fingerprint density at radius 3 is 2.93 bits per heavy atom. The second-order valence-corrected chi connectivity index (χ2v) is 4.09. The minimum absolute atomic E-state index is 0.655. The highest BCUT2D eigenvalue weighted by molar-refractivity contribution is 5.01. The maximum absolute atomic E-state index is 4.44. The van der Waals surface area contributed by atoms with Crippen molar-refractivity contribution in [2.75, 3.05) is 7.05 Å². The molecule has 0 bridgehead atoms. The van der Waals surface area contributed by atoms with Gasteiger partial charge in [-0.2, -0.15) is 5.10 Å². The normalized spacial score (nSPS) is 18.6. The summed E-state index contributed by atoms with van der Waals surface area (Å²) < 4.78 is 2.22. The van der Waals surface area contributed by atoms with Gasteiger partial charge in [-0.25, -0.2) is 0 Å². The average Bonchev–Trinajstić information content (AvgIpc) is 2.68. The zero-order valence-electron chi connectivity index (χ0n) is 8.87. The molecule has 0 saturated heterocycles. The van der Waals surface area contributed by atoms with Crippen LogP contribution in [-0.4, -0.2) is 16.8 Å². The second kappa shape index (κ2) is 4.60. The molecule has 14 heavy (non-hydrogen) atoms. The first-order valence-electron chi connectivity index (χ1n) is 5.59. The summed E-state index contributed by atoms with van der Waals surface area (Å²) in [5.74, 6) is 0. The molecule has 3 nitrogen and oxygen atoms in total. The van der Waals surface area contributed by atoms with Crippen molar-refractivity contribution in [1.29, 1.82) is 0 Å². The molecule has 0 atom stereocenters. The van der Waals surface area contributed by atoms with E-state index in [1.54, 1.807) is 0 Å². The van der Waals surface area contributed by atoms with E-state index in [1.165, 1.54) is 37.8 Å². The van der Waals surface area contributed by atoms with Crippen LogP contribution in [0.4, 0.5) is 0 Å². The summed E-state index contributed by atoms with van der Waals surface area (Å²) in [6, 6.07) is 2.77. The quantitative estimate of drug-likeness (QED) is 0.796. The van der Waals surface area contributed by atoms with Gasteiger partial charge in [0.05, 0.1) is 11.7 Å². The standard InChI is InChI=1S/C11H19N3/c1-12-9-11-7-8-13-14(11)10-5-3-2-4-6-10/h7-8,10,12H,2-6,9H2,1H3. The van der Waals surface area contributed by atoms with Gasteiger partial charge in [0.2, 0.25) is 0 Å². The Hall–Kier alpha value is -0.830. The lowest BCUT2D eigenvalue weighted by molar-refractivity contribution is 0.321. The fourth-order valence-corrected chi connectivity index (χ4v) is 2.32. The van der Waals surface area contributed by atoms with Crippen LogP contribution >= 0.6 is 0 Å². The highest BCUT2D eigenvalue weighted by Gasteiger charge is 2.17. The Morgan fingerprint density at radius 1 is 1.43 bits per heavy atom. The van der Waals surface area contributed by atoms with Gasteiger partial charge in [0.1, 0.15) is 0 Å². The molecule has 0 aliphatic heterocycles. The monoisotopic (exact) mass is 193 g/mol. The van der Waals surface area contributed by atoms with Gasteiger partial charge in [0.25, 0.3) is 0 Å². The van der Waals surface area contributed by atoms with Crippen molar-refractivity contribution >= 4 is 0 Å². The van der Waals surface area contributed by atoms with Crippen molar-refractivity contribution in [2.45, 2.75) is 44.7 Å². The van der Waals surface area contributed by atoms with E-state index in [0.29, 0.717) is 6.04 Å². The van der Waals surface area contributed by atoms with Gasteiger partial charge in [-0.15, -0.1) is 0 Å². The molecular weight excluding hydrogens is 174 g/mol. The van der Waals surface area contributed by atoms with Crippen molar-refractivity contribution < 1.29 is 0 Å². The van der Waals surface area contributed by atoms with Crippen molar-refractivity contribution in [2.24, 2.45) is 0 Å². The number of hydrogen-bond donors (Lipinski definition) is 1. The Labute approximate surface area is 85.5 Å². The third-order valence-electron chi connectivity index (χ3n) is 3.03. The van der Waals surface area contributed by atoms with Crippen LogP contribution in [0.1, 0.15) is 43.8 Å². The van der Waals surface area contributed by atoms with E-state index in [-0.39, 0.29) is 0 Å². The molecule has 1 heterocycles. The minimum atomic E-state index is 0.655. The largest absolute Gasteiger partial charge is 0.314 e. The molecule has 0 radical (unpaired) electrons. The fourth-order valence-electron chi connectivity index (χ4n) is 2.32. The van der Waals surface area contributed by atoms with Crippen LogP contribution < -0.4 is 5.32 Å². The number of rotatable bonds is 3. The lowest BCUT2D eigenvalue weighted by Crippen LogP contribution is -2.19. The van der Waals surface area contributed by atoms with Crippen molar-refractivity contribution in [1.82, 2.24) is 15.1 Å².